The van der Waals surface area contributed by atoms with Gasteiger partial charge in [-0.3, -0.25) is 14.4 Å². The van der Waals surface area contributed by atoms with E-state index in [1.54, 1.807) is 0 Å². The largest absolute Gasteiger partial charge is 0.466 e. The Morgan fingerprint density at radius 1 is 0.429 bits per heavy atom. The average molecular weight is 795 g/mol. The van der Waals surface area contributed by atoms with Crippen molar-refractivity contribution in [3.05, 3.63) is 0 Å². The van der Waals surface area contributed by atoms with Crippen LogP contribution in [-0.2, 0) is 28.6 Å². The number of nitrogens with one attached hydrogen (secondary N) is 2. The maximum Gasteiger partial charge on any atom is 0.315 e. The molecule has 56 heavy (non-hydrogen) atoms. The highest BCUT2D eigenvalue weighted by molar-refractivity contribution is 5.74. The van der Waals surface area contributed by atoms with Crippen LogP contribution < -0.4 is 10.6 Å². The van der Waals surface area contributed by atoms with Crippen molar-refractivity contribution in [1.82, 2.24) is 10.6 Å². The molecule has 1 unspecified atom stereocenters. The van der Waals surface area contributed by atoms with Gasteiger partial charge in [-0.25, -0.2) is 4.79 Å². The number of urea groups is 1. The predicted octanol–water partition coefficient (Wildman–Crippen LogP) is 12.9. The third kappa shape index (κ3) is 39.9. The van der Waals surface area contributed by atoms with Gasteiger partial charge < -0.3 is 24.8 Å². The fourth-order valence-electron chi connectivity index (χ4n) is 6.87. The fraction of sp³-hybridized carbons (Fsp3) is 0.915. The summed E-state index contributed by atoms with van der Waals surface area (Å²) < 4.78 is 16.1. The molecule has 0 fully saturated rings. The van der Waals surface area contributed by atoms with Crippen LogP contribution in [0.3, 0.4) is 0 Å². The van der Waals surface area contributed by atoms with Crippen LogP contribution in [0.25, 0.3) is 0 Å². The van der Waals surface area contributed by atoms with Crippen LogP contribution in [0.4, 0.5) is 4.79 Å². The Balaban J connectivity index is 3.82. The van der Waals surface area contributed by atoms with Crippen LogP contribution in [0, 0.1) is 5.92 Å². The molecule has 0 saturated heterocycles. The number of carbonyl (C=O) groups excluding carboxylic acids is 4. The molecule has 0 aliphatic heterocycles. The molecular formula is C47H90N2O7. The van der Waals surface area contributed by atoms with Crippen LogP contribution in [0.5, 0.6) is 0 Å². The molecule has 1 atom stereocenters. The van der Waals surface area contributed by atoms with E-state index in [9.17, 15) is 19.2 Å². The van der Waals surface area contributed by atoms with Gasteiger partial charge in [0.1, 0.15) is 0 Å². The van der Waals surface area contributed by atoms with E-state index in [-0.39, 0.29) is 49.1 Å². The average Bonchev–Trinajstić information content (AvgIpc) is 3.18. The van der Waals surface area contributed by atoms with Crippen molar-refractivity contribution in [3.63, 3.8) is 0 Å². The number of unbranched alkanes of at least 4 members (excludes halogenated alkanes) is 23. The van der Waals surface area contributed by atoms with E-state index in [2.05, 4.69) is 31.4 Å². The van der Waals surface area contributed by atoms with E-state index in [0.717, 1.165) is 64.2 Å². The molecule has 0 aliphatic rings. The van der Waals surface area contributed by atoms with Crippen molar-refractivity contribution in [3.8, 4) is 0 Å². The Kier molecular flexibility index (Phi) is 40.5. The van der Waals surface area contributed by atoms with E-state index in [1.165, 1.54) is 116 Å². The number of amides is 2. The van der Waals surface area contributed by atoms with E-state index >= 15 is 0 Å². The lowest BCUT2D eigenvalue weighted by molar-refractivity contribution is -0.148. The van der Waals surface area contributed by atoms with E-state index in [0.29, 0.717) is 45.3 Å². The molecule has 0 bridgehead atoms. The Morgan fingerprint density at radius 3 is 1.25 bits per heavy atom. The molecule has 0 saturated carbocycles. The van der Waals surface area contributed by atoms with Crippen molar-refractivity contribution in [1.29, 1.82) is 0 Å². The molecule has 0 aromatic heterocycles. The zero-order valence-corrected chi connectivity index (χ0v) is 37.2. The second-order valence-electron chi connectivity index (χ2n) is 16.5. The molecule has 9 nitrogen and oxygen atoms in total. The van der Waals surface area contributed by atoms with Gasteiger partial charge in [-0.05, 0) is 44.9 Å². The van der Waals surface area contributed by atoms with Gasteiger partial charge in [-0.1, -0.05) is 175 Å². The van der Waals surface area contributed by atoms with Crippen molar-refractivity contribution in [2.24, 2.45) is 5.92 Å². The maximum atomic E-state index is 12.6. The molecule has 2 N–H and O–H groups in total. The molecule has 0 aliphatic carbocycles. The van der Waals surface area contributed by atoms with E-state index in [4.69, 9.17) is 14.2 Å². The van der Waals surface area contributed by atoms with Crippen molar-refractivity contribution < 1.29 is 33.4 Å². The van der Waals surface area contributed by atoms with Gasteiger partial charge in [0.25, 0.3) is 0 Å². The van der Waals surface area contributed by atoms with Crippen LogP contribution in [0.1, 0.15) is 240 Å². The van der Waals surface area contributed by atoms with E-state index < -0.39 is 0 Å². The summed E-state index contributed by atoms with van der Waals surface area (Å²) in [5.41, 5.74) is 0. The minimum atomic E-state index is -0.257. The third-order valence-corrected chi connectivity index (χ3v) is 10.6. The molecule has 2 amide bonds. The Bertz CT molecular complexity index is 899. The molecule has 0 radical (unpaired) electrons. The summed E-state index contributed by atoms with van der Waals surface area (Å²) in [4.78, 5) is 48.9. The normalized spacial score (nSPS) is 11.7. The molecule has 330 valence electrons. The summed E-state index contributed by atoms with van der Waals surface area (Å²) in [7, 11) is 0. The van der Waals surface area contributed by atoms with Crippen molar-refractivity contribution >= 4 is 23.9 Å². The highest BCUT2D eigenvalue weighted by Gasteiger charge is 2.13. The Labute approximate surface area is 345 Å². The second kappa shape index (κ2) is 42.3. The lowest BCUT2D eigenvalue weighted by Crippen LogP contribution is -2.42. The van der Waals surface area contributed by atoms with Gasteiger partial charge in [-0.2, -0.15) is 0 Å². The molecule has 0 rings (SSSR count). The van der Waals surface area contributed by atoms with Gasteiger partial charge in [0.2, 0.25) is 0 Å². The number of ether oxygens (including phenoxy) is 3. The quantitative estimate of drug-likeness (QED) is 0.0358. The summed E-state index contributed by atoms with van der Waals surface area (Å²) in [6.07, 6.45) is 35.2. The molecule has 0 aromatic rings. The first-order valence-corrected chi connectivity index (χ1v) is 23.8. The standard InChI is InChI=1S/C47H90N2O7/c1-5-8-11-14-17-18-24-32-39-54-44(50)35-29-25-30-37-46(52)56-41-42(4)40-55-45(51)36-28-22-19-23-31-38-48-47(53)49-43(33-26-20-15-12-9-6-2)34-27-21-16-13-10-7-3/h42-43H,5-41H2,1-4H3,(H2,48,49,53). The Hall–Kier alpha value is -2.32. The molecule has 0 spiro atoms. The first-order chi connectivity index (χ1) is 27.3. The monoisotopic (exact) mass is 795 g/mol. The lowest BCUT2D eigenvalue weighted by Gasteiger charge is -2.19. The zero-order valence-electron chi connectivity index (χ0n) is 37.2. The number of esters is 3. The van der Waals surface area contributed by atoms with Gasteiger partial charge in [-0.15, -0.1) is 0 Å². The van der Waals surface area contributed by atoms with E-state index in [1.807, 2.05) is 6.92 Å². The van der Waals surface area contributed by atoms with Gasteiger partial charge in [0.05, 0.1) is 19.8 Å². The summed E-state index contributed by atoms with van der Waals surface area (Å²) in [6, 6.07) is 0.235. The predicted molar refractivity (Wildman–Crippen MR) is 232 cm³/mol. The van der Waals surface area contributed by atoms with Gasteiger partial charge >= 0.3 is 23.9 Å². The van der Waals surface area contributed by atoms with Gasteiger partial charge in [0.15, 0.2) is 0 Å². The third-order valence-electron chi connectivity index (χ3n) is 10.6. The lowest BCUT2D eigenvalue weighted by atomic mass is 10.00. The highest BCUT2D eigenvalue weighted by Crippen LogP contribution is 2.15. The maximum absolute atomic E-state index is 12.6. The minimum absolute atomic E-state index is 0.0337. The number of hydrogen-bond acceptors (Lipinski definition) is 7. The summed E-state index contributed by atoms with van der Waals surface area (Å²) in [6.45, 7) is 10.3. The Morgan fingerprint density at radius 2 is 0.786 bits per heavy atom. The molecular weight excluding hydrogens is 705 g/mol. The minimum Gasteiger partial charge on any atom is -0.466 e. The topological polar surface area (TPSA) is 120 Å². The first-order valence-electron chi connectivity index (χ1n) is 23.8. The zero-order chi connectivity index (χ0) is 41.2. The van der Waals surface area contributed by atoms with Crippen LogP contribution in [0.2, 0.25) is 0 Å². The molecule has 0 aromatic carbocycles. The highest BCUT2D eigenvalue weighted by atomic mass is 16.5. The van der Waals surface area contributed by atoms with Gasteiger partial charge in [0, 0.05) is 37.8 Å². The van der Waals surface area contributed by atoms with Crippen molar-refractivity contribution in [2.45, 2.75) is 246 Å². The van der Waals surface area contributed by atoms with Crippen molar-refractivity contribution in [2.75, 3.05) is 26.4 Å². The second-order valence-corrected chi connectivity index (χ2v) is 16.5. The summed E-state index contributed by atoms with van der Waals surface area (Å²) in [5.74, 6) is -0.684. The first kappa shape index (κ1) is 53.7. The van der Waals surface area contributed by atoms with Crippen LogP contribution in [-0.4, -0.2) is 56.3 Å². The van der Waals surface area contributed by atoms with Crippen LogP contribution >= 0.6 is 0 Å². The molecule has 0 heterocycles. The van der Waals surface area contributed by atoms with Crippen LogP contribution in [0.15, 0.2) is 0 Å². The smallest absolute Gasteiger partial charge is 0.315 e. The SMILES string of the molecule is CCCCCCCCCCOC(=O)CCCCCC(=O)OCC(C)COC(=O)CCCCCCCNC(=O)NC(CCCCCCCC)CCCCCCCC. The number of hydrogen-bond donors (Lipinski definition) is 2. The molecule has 9 heteroatoms. The fourth-order valence-corrected chi connectivity index (χ4v) is 6.87. The summed E-state index contributed by atoms with van der Waals surface area (Å²) >= 11 is 0. The summed E-state index contributed by atoms with van der Waals surface area (Å²) in [5, 5.41) is 6.33. The number of rotatable bonds is 42. The number of carbonyl (C=O) groups is 4.